The van der Waals surface area contributed by atoms with Gasteiger partial charge in [0.2, 0.25) is 0 Å². The van der Waals surface area contributed by atoms with E-state index in [4.69, 9.17) is 0 Å². The van der Waals surface area contributed by atoms with Crippen LogP contribution in [0.15, 0.2) is 59.0 Å². The topological polar surface area (TPSA) is 88.5 Å². The Morgan fingerprint density at radius 1 is 0.833 bits per heavy atom. The summed E-state index contributed by atoms with van der Waals surface area (Å²) in [6.07, 6.45) is 7.44. The van der Waals surface area contributed by atoms with Gasteiger partial charge in [-0.2, -0.15) is 0 Å². The largest absolute Gasteiger partial charge is 0.853 e. The minimum absolute atomic E-state index is 0.248. The Morgan fingerprint density at radius 3 is 1.67 bits per heavy atom. The van der Waals surface area contributed by atoms with Gasteiger partial charge in [-0.15, -0.1) is 0 Å². The maximum atomic E-state index is 12.5. The fourth-order valence-electron chi connectivity index (χ4n) is 3.40. The molecule has 0 saturated heterocycles. The van der Waals surface area contributed by atoms with E-state index in [-0.39, 0.29) is 24.9 Å². The summed E-state index contributed by atoms with van der Waals surface area (Å²) in [7, 11) is 3.67. The summed E-state index contributed by atoms with van der Waals surface area (Å²) in [4.78, 5) is 8.47. The first kappa shape index (κ1) is 21.3. The smallest absolute Gasteiger partial charge is 0.291 e. The Labute approximate surface area is 176 Å². The first-order valence-corrected chi connectivity index (χ1v) is 10.1. The molecule has 0 atom stereocenters. The van der Waals surface area contributed by atoms with E-state index in [1.54, 1.807) is 9.13 Å². The van der Waals surface area contributed by atoms with Crippen LogP contribution in [0.3, 0.4) is 0 Å². The highest BCUT2D eigenvalue weighted by Crippen LogP contribution is 2.09. The molecule has 3 aromatic rings. The molecule has 0 fully saturated rings. The van der Waals surface area contributed by atoms with Crippen LogP contribution in [0.1, 0.15) is 36.6 Å². The molecule has 2 heterocycles. The van der Waals surface area contributed by atoms with Crippen molar-refractivity contribution >= 4 is 11.8 Å². The van der Waals surface area contributed by atoms with Crippen LogP contribution in [0.5, 0.6) is 0 Å². The summed E-state index contributed by atoms with van der Waals surface area (Å²) in [5.74, 6) is 0.618. The molecule has 8 nitrogen and oxygen atoms in total. The first-order valence-electron chi connectivity index (χ1n) is 10.1. The van der Waals surface area contributed by atoms with Gasteiger partial charge in [0.15, 0.2) is 0 Å². The SMILES string of the molecule is CCn1cc[n+](C)c1C([O-])=NCc1cccc(CN=C([O-])c2n(CC)cc[n+]2C)c1. The van der Waals surface area contributed by atoms with Crippen molar-refractivity contribution < 1.29 is 19.3 Å². The average Bonchev–Trinajstić information content (AvgIpc) is 3.32. The Bertz CT molecular complexity index is 996. The highest BCUT2D eigenvalue weighted by Gasteiger charge is 2.14. The highest BCUT2D eigenvalue weighted by atomic mass is 16.3. The molecule has 0 radical (unpaired) electrons. The number of aliphatic imine (C=N–C) groups is 2. The molecule has 0 bridgehead atoms. The second kappa shape index (κ2) is 9.39. The van der Waals surface area contributed by atoms with E-state index in [0.717, 1.165) is 11.1 Å². The molecule has 0 aliphatic carbocycles. The summed E-state index contributed by atoms with van der Waals surface area (Å²) in [6, 6.07) is 7.67. The van der Waals surface area contributed by atoms with Gasteiger partial charge in [0.1, 0.15) is 24.8 Å². The normalized spacial score (nSPS) is 12.5. The third-order valence-corrected chi connectivity index (χ3v) is 5.02. The van der Waals surface area contributed by atoms with E-state index in [9.17, 15) is 10.2 Å². The second-order valence-corrected chi connectivity index (χ2v) is 7.10. The van der Waals surface area contributed by atoms with Gasteiger partial charge in [-0.3, -0.25) is 9.98 Å². The van der Waals surface area contributed by atoms with Crippen LogP contribution < -0.4 is 19.3 Å². The van der Waals surface area contributed by atoms with Crippen molar-refractivity contribution in [1.82, 2.24) is 9.13 Å². The molecule has 0 aliphatic rings. The van der Waals surface area contributed by atoms with Gasteiger partial charge < -0.3 is 10.2 Å². The minimum Gasteiger partial charge on any atom is -0.853 e. The number of hydrogen-bond donors (Lipinski definition) is 0. The molecule has 0 amide bonds. The van der Waals surface area contributed by atoms with E-state index in [2.05, 4.69) is 9.98 Å². The predicted octanol–water partition coefficient (Wildman–Crippen LogP) is -0.407. The van der Waals surface area contributed by atoms with Gasteiger partial charge in [0.05, 0.1) is 52.1 Å². The van der Waals surface area contributed by atoms with E-state index in [1.807, 2.05) is 86.1 Å². The highest BCUT2D eigenvalue weighted by molar-refractivity contribution is 5.85. The molecule has 0 unspecified atom stereocenters. The number of aromatic nitrogens is 4. The fraction of sp³-hybridized carbons (Fsp3) is 0.364. The van der Waals surface area contributed by atoms with Gasteiger partial charge in [-0.05, 0) is 25.0 Å². The third kappa shape index (κ3) is 4.59. The number of rotatable bonds is 8. The van der Waals surface area contributed by atoms with E-state index in [1.165, 1.54) is 0 Å². The van der Waals surface area contributed by atoms with E-state index < -0.39 is 0 Å². The lowest BCUT2D eigenvalue weighted by Gasteiger charge is -2.10. The van der Waals surface area contributed by atoms with E-state index >= 15 is 0 Å². The molecule has 8 heteroatoms. The monoisotopic (exact) mass is 408 g/mol. The Morgan fingerprint density at radius 2 is 1.27 bits per heavy atom. The number of imidazole rings is 2. The summed E-state index contributed by atoms with van der Waals surface area (Å²) in [5, 5.41) is 25.1. The Balaban J connectivity index is 1.73. The van der Waals surface area contributed by atoms with Crippen LogP contribution in [0.4, 0.5) is 0 Å². The van der Waals surface area contributed by atoms with Gasteiger partial charge in [0.25, 0.3) is 11.6 Å². The van der Waals surface area contributed by atoms with Gasteiger partial charge in [0, 0.05) is 0 Å². The molecule has 0 saturated carbocycles. The molecule has 3 rings (SSSR count). The number of benzene rings is 1. The van der Waals surface area contributed by atoms with Crippen molar-refractivity contribution in [2.45, 2.75) is 40.0 Å². The maximum Gasteiger partial charge on any atom is 0.291 e. The van der Waals surface area contributed by atoms with Crippen LogP contribution in [0.2, 0.25) is 0 Å². The van der Waals surface area contributed by atoms with Crippen LogP contribution >= 0.6 is 0 Å². The molecule has 0 N–H and O–H groups in total. The molecule has 0 aliphatic heterocycles. The Kier molecular flexibility index (Phi) is 6.66. The summed E-state index contributed by atoms with van der Waals surface area (Å²) in [5.41, 5.74) is 1.81. The summed E-state index contributed by atoms with van der Waals surface area (Å²) >= 11 is 0. The quantitative estimate of drug-likeness (QED) is 0.288. The molecular formula is C22H28N6O2. The zero-order valence-corrected chi connectivity index (χ0v) is 17.9. The molecule has 30 heavy (non-hydrogen) atoms. The number of aryl methyl sites for hydroxylation is 4. The molecule has 2 aromatic heterocycles. The zero-order chi connectivity index (χ0) is 21.7. The van der Waals surface area contributed by atoms with Crippen molar-refractivity contribution in [2.75, 3.05) is 0 Å². The standard InChI is InChI=1S/C22H28N6O2/c1-5-27-12-10-25(3)21(27)19(29)23-15-17-8-7-9-18(14-17)16-24-20(30)22-26(4)11-13-28(22)6-2/h7-14H,5-6,15-16H2,1-4H3. The fourth-order valence-corrected chi connectivity index (χ4v) is 3.40. The molecule has 158 valence electrons. The van der Waals surface area contributed by atoms with Crippen LogP contribution in [-0.2, 0) is 40.3 Å². The second-order valence-electron chi connectivity index (χ2n) is 7.10. The Hall–Kier alpha value is -3.42. The van der Waals surface area contributed by atoms with Crippen molar-refractivity contribution in [1.29, 1.82) is 0 Å². The van der Waals surface area contributed by atoms with Crippen molar-refractivity contribution in [3.63, 3.8) is 0 Å². The number of hydrogen-bond acceptors (Lipinski definition) is 4. The molecule has 1 aromatic carbocycles. The van der Waals surface area contributed by atoms with Crippen molar-refractivity contribution in [2.24, 2.45) is 24.1 Å². The van der Waals surface area contributed by atoms with Gasteiger partial charge >= 0.3 is 0 Å². The van der Waals surface area contributed by atoms with Crippen LogP contribution in [-0.4, -0.2) is 20.9 Å². The summed E-state index contributed by atoms with van der Waals surface area (Å²) in [6.45, 7) is 5.96. The van der Waals surface area contributed by atoms with Gasteiger partial charge in [-0.1, -0.05) is 24.3 Å². The van der Waals surface area contributed by atoms with Crippen LogP contribution in [0.25, 0.3) is 0 Å². The lowest BCUT2D eigenvalue weighted by atomic mass is 10.1. The zero-order valence-electron chi connectivity index (χ0n) is 17.9. The first-order chi connectivity index (χ1) is 14.4. The number of nitrogens with zero attached hydrogens (tertiary/aromatic N) is 6. The van der Waals surface area contributed by atoms with Crippen molar-refractivity contribution in [3.05, 3.63) is 71.8 Å². The van der Waals surface area contributed by atoms with Crippen LogP contribution in [0, 0.1) is 0 Å². The van der Waals surface area contributed by atoms with E-state index in [0.29, 0.717) is 24.7 Å². The third-order valence-electron chi connectivity index (χ3n) is 5.02. The lowest BCUT2D eigenvalue weighted by molar-refractivity contribution is -0.674. The van der Waals surface area contributed by atoms with Gasteiger partial charge in [-0.25, -0.2) is 18.3 Å². The maximum absolute atomic E-state index is 12.5. The molecular weight excluding hydrogens is 380 g/mol. The molecule has 0 spiro atoms. The summed E-state index contributed by atoms with van der Waals surface area (Å²) < 4.78 is 7.31. The average molecular weight is 409 g/mol. The predicted molar refractivity (Wildman–Crippen MR) is 109 cm³/mol. The van der Waals surface area contributed by atoms with Crippen molar-refractivity contribution in [3.8, 4) is 0 Å². The lowest BCUT2D eigenvalue weighted by Crippen LogP contribution is -2.40. The minimum atomic E-state index is -0.248.